The highest BCUT2D eigenvalue weighted by Gasteiger charge is 2.29. The molecule has 4 heteroatoms. The fraction of sp³-hybridized carbons (Fsp3) is 0.364. The number of Topliss-reactive ketones (excluding diaryl/α,β-unsaturated/α-hetero) is 1. The molecule has 0 fully saturated rings. The fourth-order valence-corrected chi connectivity index (χ4v) is 2.70. The van der Waals surface area contributed by atoms with Gasteiger partial charge in [0.05, 0.1) is 17.6 Å². The number of ketones is 1. The third-order valence-corrected chi connectivity index (χ3v) is 4.48. The number of aliphatic imine (C=N–C) groups is 1. The van der Waals surface area contributed by atoms with Crippen LogP contribution in [0.4, 0.5) is 11.4 Å². The van der Waals surface area contributed by atoms with Crippen LogP contribution in [0.25, 0.3) is 0 Å². The van der Waals surface area contributed by atoms with Gasteiger partial charge in [-0.15, -0.1) is 0 Å². The normalized spacial score (nSPS) is 11.6. The van der Waals surface area contributed by atoms with Gasteiger partial charge in [-0.2, -0.15) is 0 Å². The van der Waals surface area contributed by atoms with Gasteiger partial charge in [0.2, 0.25) is 0 Å². The first kappa shape index (κ1) is 19.7. The molecule has 2 aromatic carbocycles. The van der Waals surface area contributed by atoms with Gasteiger partial charge >= 0.3 is 0 Å². The van der Waals surface area contributed by atoms with Crippen molar-refractivity contribution in [2.75, 3.05) is 18.9 Å². The van der Waals surface area contributed by atoms with E-state index in [1.165, 1.54) is 0 Å². The summed E-state index contributed by atoms with van der Waals surface area (Å²) in [4.78, 5) is 19.7. The van der Waals surface area contributed by atoms with Crippen LogP contribution in [0.2, 0.25) is 0 Å². The summed E-state index contributed by atoms with van der Waals surface area (Å²) in [5, 5.41) is 3.34. The molecule has 4 nitrogen and oxygen atoms in total. The fourth-order valence-electron chi connectivity index (χ4n) is 2.70. The monoisotopic (exact) mass is 351 g/mol. The standard InChI is InChI=1S/C22H29N3O/c1-7-25(6)15-23-20-14-16(2)19(13-17(20)3)21(26)22(4,5)24-18-11-9-8-10-12-18/h8-15,24H,7H2,1-6H3. The predicted octanol–water partition coefficient (Wildman–Crippen LogP) is 4.99. The smallest absolute Gasteiger partial charge is 0.187 e. The Morgan fingerprint density at radius 1 is 1.15 bits per heavy atom. The van der Waals surface area contributed by atoms with E-state index in [4.69, 9.17) is 0 Å². The van der Waals surface area contributed by atoms with Crippen molar-refractivity contribution < 1.29 is 4.79 Å². The van der Waals surface area contributed by atoms with Crippen LogP contribution < -0.4 is 5.32 Å². The maximum atomic E-state index is 13.2. The number of anilines is 1. The Hall–Kier alpha value is -2.62. The van der Waals surface area contributed by atoms with Crippen molar-refractivity contribution in [3.05, 3.63) is 59.2 Å². The molecule has 0 heterocycles. The summed E-state index contributed by atoms with van der Waals surface area (Å²) in [6.07, 6.45) is 1.82. The molecule has 0 saturated heterocycles. The summed E-state index contributed by atoms with van der Waals surface area (Å²) in [6.45, 7) is 10.8. The number of aryl methyl sites for hydroxylation is 2. The highest BCUT2D eigenvalue weighted by molar-refractivity contribution is 6.06. The summed E-state index contributed by atoms with van der Waals surface area (Å²) in [5.74, 6) is 0.0724. The van der Waals surface area contributed by atoms with Crippen molar-refractivity contribution in [2.24, 2.45) is 4.99 Å². The zero-order valence-electron chi connectivity index (χ0n) is 16.6. The van der Waals surface area contributed by atoms with E-state index >= 15 is 0 Å². The Labute approximate surface area is 157 Å². The largest absolute Gasteiger partial charge is 0.373 e. The molecule has 0 radical (unpaired) electrons. The number of hydrogen-bond acceptors (Lipinski definition) is 3. The summed E-state index contributed by atoms with van der Waals surface area (Å²) in [6, 6.07) is 13.7. The molecule has 0 bridgehead atoms. The molecule has 138 valence electrons. The molecule has 0 aliphatic heterocycles. The first-order valence-corrected chi connectivity index (χ1v) is 8.98. The van der Waals surface area contributed by atoms with Gasteiger partial charge in [0.25, 0.3) is 0 Å². The number of para-hydroxylation sites is 1. The van der Waals surface area contributed by atoms with Gasteiger partial charge in [-0.3, -0.25) is 4.79 Å². The van der Waals surface area contributed by atoms with Gasteiger partial charge in [0.1, 0.15) is 0 Å². The second-order valence-electron chi connectivity index (χ2n) is 7.22. The molecular weight excluding hydrogens is 322 g/mol. The summed E-state index contributed by atoms with van der Waals surface area (Å²) in [5.41, 5.74) is 3.80. The van der Waals surface area contributed by atoms with Crippen molar-refractivity contribution in [2.45, 2.75) is 40.2 Å². The third-order valence-electron chi connectivity index (χ3n) is 4.48. The van der Waals surface area contributed by atoms with E-state index in [0.29, 0.717) is 0 Å². The van der Waals surface area contributed by atoms with Crippen molar-refractivity contribution >= 4 is 23.5 Å². The first-order chi connectivity index (χ1) is 12.2. The molecule has 0 amide bonds. The summed E-state index contributed by atoms with van der Waals surface area (Å²) in [7, 11) is 1.99. The minimum Gasteiger partial charge on any atom is -0.373 e. The molecular formula is C22H29N3O. The van der Waals surface area contributed by atoms with E-state index in [2.05, 4.69) is 17.2 Å². The van der Waals surface area contributed by atoms with Crippen LogP contribution >= 0.6 is 0 Å². The number of nitrogens with zero attached hydrogens (tertiary/aromatic N) is 2. The van der Waals surface area contributed by atoms with Crippen LogP contribution in [0.1, 0.15) is 42.3 Å². The lowest BCUT2D eigenvalue weighted by Gasteiger charge is -2.27. The zero-order chi connectivity index (χ0) is 19.3. The van der Waals surface area contributed by atoms with E-state index < -0.39 is 5.54 Å². The molecule has 1 N–H and O–H groups in total. The van der Waals surface area contributed by atoms with E-state index in [9.17, 15) is 4.79 Å². The predicted molar refractivity (Wildman–Crippen MR) is 111 cm³/mol. The Balaban J connectivity index is 2.28. The minimum atomic E-state index is -0.703. The first-order valence-electron chi connectivity index (χ1n) is 8.98. The van der Waals surface area contributed by atoms with Gasteiger partial charge in [0, 0.05) is 24.8 Å². The number of rotatable bonds is 7. The summed E-state index contributed by atoms with van der Waals surface area (Å²) < 4.78 is 0. The highest BCUT2D eigenvalue weighted by Crippen LogP contribution is 2.27. The maximum Gasteiger partial charge on any atom is 0.187 e. The average Bonchev–Trinajstić information content (AvgIpc) is 2.61. The Bertz CT molecular complexity index is 795. The molecule has 2 rings (SSSR count). The lowest BCUT2D eigenvalue weighted by atomic mass is 9.89. The second-order valence-corrected chi connectivity index (χ2v) is 7.22. The van der Waals surface area contributed by atoms with Gasteiger partial charge in [0.15, 0.2) is 5.78 Å². The van der Waals surface area contributed by atoms with E-state index in [0.717, 1.165) is 34.6 Å². The molecule has 0 aromatic heterocycles. The lowest BCUT2D eigenvalue weighted by Crippen LogP contribution is -2.40. The van der Waals surface area contributed by atoms with Crippen LogP contribution in [0, 0.1) is 13.8 Å². The van der Waals surface area contributed by atoms with Gasteiger partial charge < -0.3 is 10.2 Å². The third kappa shape index (κ3) is 4.72. The molecule has 2 aromatic rings. The van der Waals surface area contributed by atoms with Gasteiger partial charge in [-0.1, -0.05) is 18.2 Å². The van der Waals surface area contributed by atoms with Crippen LogP contribution in [0.15, 0.2) is 47.5 Å². The Morgan fingerprint density at radius 3 is 2.42 bits per heavy atom. The topological polar surface area (TPSA) is 44.7 Å². The zero-order valence-corrected chi connectivity index (χ0v) is 16.6. The Morgan fingerprint density at radius 2 is 1.81 bits per heavy atom. The molecule has 0 spiro atoms. The van der Waals surface area contributed by atoms with Crippen molar-refractivity contribution in [3.63, 3.8) is 0 Å². The maximum absolute atomic E-state index is 13.2. The number of nitrogens with one attached hydrogen (secondary N) is 1. The van der Waals surface area contributed by atoms with E-state index in [1.54, 1.807) is 0 Å². The lowest BCUT2D eigenvalue weighted by molar-refractivity contribution is 0.0926. The molecule has 0 unspecified atom stereocenters. The van der Waals surface area contributed by atoms with Crippen molar-refractivity contribution in [3.8, 4) is 0 Å². The van der Waals surface area contributed by atoms with Gasteiger partial charge in [-0.25, -0.2) is 4.99 Å². The average molecular weight is 351 g/mol. The number of benzene rings is 2. The highest BCUT2D eigenvalue weighted by atomic mass is 16.1. The van der Waals surface area contributed by atoms with Gasteiger partial charge in [-0.05, 0) is 70.0 Å². The second kappa shape index (κ2) is 8.17. The SMILES string of the molecule is CCN(C)C=Nc1cc(C)c(C(=O)C(C)(C)Nc2ccccc2)cc1C. The molecule has 0 aliphatic carbocycles. The summed E-state index contributed by atoms with van der Waals surface area (Å²) >= 11 is 0. The molecule has 0 saturated carbocycles. The van der Waals surface area contributed by atoms with E-state index in [1.807, 2.05) is 88.4 Å². The van der Waals surface area contributed by atoms with Crippen molar-refractivity contribution in [1.29, 1.82) is 0 Å². The molecule has 26 heavy (non-hydrogen) atoms. The van der Waals surface area contributed by atoms with Crippen LogP contribution in [-0.4, -0.2) is 36.2 Å². The Kier molecular flexibility index (Phi) is 6.19. The van der Waals surface area contributed by atoms with E-state index in [-0.39, 0.29) is 5.78 Å². The number of carbonyl (C=O) groups excluding carboxylic acids is 1. The van der Waals surface area contributed by atoms with Crippen molar-refractivity contribution in [1.82, 2.24) is 4.90 Å². The molecule has 0 atom stereocenters. The molecule has 0 aliphatic rings. The number of hydrogen-bond donors (Lipinski definition) is 1. The van der Waals surface area contributed by atoms with Crippen LogP contribution in [0.3, 0.4) is 0 Å². The van der Waals surface area contributed by atoms with Crippen LogP contribution in [0.5, 0.6) is 0 Å². The quantitative estimate of drug-likeness (QED) is 0.434. The van der Waals surface area contributed by atoms with Crippen LogP contribution in [-0.2, 0) is 0 Å². The minimum absolute atomic E-state index is 0.0724. The number of carbonyl (C=O) groups is 1.